The van der Waals surface area contributed by atoms with Crippen LogP contribution >= 0.6 is 11.3 Å². The number of aromatic nitrogens is 1. The first kappa shape index (κ1) is 17.2. The fourth-order valence-corrected chi connectivity index (χ4v) is 3.47. The van der Waals surface area contributed by atoms with Gasteiger partial charge in [-0.05, 0) is 37.5 Å². The van der Waals surface area contributed by atoms with Crippen LogP contribution in [0.15, 0.2) is 5.38 Å². The zero-order chi connectivity index (χ0) is 16.3. The average molecular weight is 325 g/mol. The quantitative estimate of drug-likeness (QED) is 0.895. The van der Waals surface area contributed by atoms with Gasteiger partial charge in [0.05, 0.1) is 5.69 Å². The Morgan fingerprint density at radius 1 is 1.50 bits per heavy atom. The minimum absolute atomic E-state index is 0.109. The van der Waals surface area contributed by atoms with Gasteiger partial charge in [0.1, 0.15) is 0 Å². The molecule has 2 unspecified atom stereocenters. The number of piperidine rings is 1. The van der Waals surface area contributed by atoms with E-state index < -0.39 is 0 Å². The van der Waals surface area contributed by atoms with Gasteiger partial charge in [-0.2, -0.15) is 0 Å². The Bertz CT molecular complexity index is 510. The molecular weight excluding hydrogens is 298 g/mol. The summed E-state index contributed by atoms with van der Waals surface area (Å²) in [5.74, 6) is 0.190. The third-order valence-corrected chi connectivity index (χ3v) is 4.78. The third kappa shape index (κ3) is 4.68. The van der Waals surface area contributed by atoms with Crippen LogP contribution in [0.3, 0.4) is 0 Å². The van der Waals surface area contributed by atoms with E-state index in [2.05, 4.69) is 38.0 Å². The molecular formula is C16H27N3O2S. The standard InChI is InChI=1S/C16H27N3O2S/c1-11-5-6-12(9-20)8-19(11)15(21)18-14-17-13(10-22-14)7-16(2,3)4/h10-12,20H,5-9H2,1-4H3,(H,17,18,21). The van der Waals surface area contributed by atoms with Gasteiger partial charge >= 0.3 is 6.03 Å². The van der Waals surface area contributed by atoms with Crippen LogP contribution in [0.4, 0.5) is 9.93 Å². The molecule has 0 aromatic carbocycles. The highest BCUT2D eigenvalue weighted by atomic mass is 32.1. The summed E-state index contributed by atoms with van der Waals surface area (Å²) >= 11 is 1.47. The maximum atomic E-state index is 12.4. The Kier molecular flexibility index (Phi) is 5.45. The van der Waals surface area contributed by atoms with Crippen LogP contribution in [0.5, 0.6) is 0 Å². The number of amides is 2. The second-order valence-electron chi connectivity index (χ2n) is 7.44. The predicted molar refractivity (Wildman–Crippen MR) is 90.3 cm³/mol. The maximum absolute atomic E-state index is 12.4. The molecule has 124 valence electrons. The molecule has 0 radical (unpaired) electrons. The molecule has 2 atom stereocenters. The molecule has 0 spiro atoms. The van der Waals surface area contributed by atoms with Crippen molar-refractivity contribution in [3.05, 3.63) is 11.1 Å². The van der Waals surface area contributed by atoms with Crippen molar-refractivity contribution in [1.82, 2.24) is 9.88 Å². The topological polar surface area (TPSA) is 65.5 Å². The van der Waals surface area contributed by atoms with Crippen molar-refractivity contribution in [1.29, 1.82) is 0 Å². The average Bonchev–Trinajstić information content (AvgIpc) is 2.84. The summed E-state index contributed by atoms with van der Waals surface area (Å²) in [4.78, 5) is 18.8. The Labute approximate surface area is 136 Å². The normalized spacial score (nSPS) is 22.7. The smallest absolute Gasteiger partial charge is 0.323 e. The number of likely N-dealkylation sites (tertiary alicyclic amines) is 1. The van der Waals surface area contributed by atoms with Crippen molar-refractivity contribution < 1.29 is 9.90 Å². The van der Waals surface area contributed by atoms with Crippen LogP contribution in [0, 0.1) is 11.3 Å². The first-order valence-corrected chi connectivity index (χ1v) is 8.79. The van der Waals surface area contributed by atoms with E-state index in [1.807, 2.05) is 10.3 Å². The number of nitrogens with one attached hydrogen (secondary N) is 1. The van der Waals surface area contributed by atoms with Crippen molar-refractivity contribution in [2.45, 2.75) is 53.0 Å². The largest absolute Gasteiger partial charge is 0.396 e. The van der Waals surface area contributed by atoms with E-state index in [1.165, 1.54) is 11.3 Å². The summed E-state index contributed by atoms with van der Waals surface area (Å²) in [7, 11) is 0. The molecule has 1 aliphatic heterocycles. The second kappa shape index (κ2) is 6.96. The molecule has 1 aromatic heterocycles. The van der Waals surface area contributed by atoms with Crippen molar-refractivity contribution in [2.24, 2.45) is 11.3 Å². The number of aliphatic hydroxyl groups excluding tert-OH is 1. The highest BCUT2D eigenvalue weighted by molar-refractivity contribution is 7.13. The Morgan fingerprint density at radius 3 is 2.86 bits per heavy atom. The zero-order valence-electron chi connectivity index (χ0n) is 13.9. The number of carbonyl (C=O) groups excluding carboxylic acids is 1. The number of hydrogen-bond acceptors (Lipinski definition) is 4. The molecule has 1 aliphatic rings. The lowest BCUT2D eigenvalue weighted by Crippen LogP contribution is -2.48. The number of hydrogen-bond donors (Lipinski definition) is 2. The third-order valence-electron chi connectivity index (χ3n) is 3.98. The number of anilines is 1. The molecule has 0 bridgehead atoms. The molecule has 2 N–H and O–H groups in total. The lowest BCUT2D eigenvalue weighted by molar-refractivity contribution is 0.107. The van der Waals surface area contributed by atoms with E-state index in [9.17, 15) is 9.90 Å². The van der Waals surface area contributed by atoms with Gasteiger partial charge in [0, 0.05) is 24.6 Å². The summed E-state index contributed by atoms with van der Waals surface area (Å²) in [5, 5.41) is 14.9. The van der Waals surface area contributed by atoms with Crippen LogP contribution in [0.25, 0.3) is 0 Å². The van der Waals surface area contributed by atoms with Crippen LogP contribution in [0.1, 0.15) is 46.2 Å². The monoisotopic (exact) mass is 325 g/mol. The Balaban J connectivity index is 1.96. The van der Waals surface area contributed by atoms with Crippen LogP contribution in [-0.4, -0.2) is 40.2 Å². The molecule has 1 saturated heterocycles. The van der Waals surface area contributed by atoms with Gasteiger partial charge in [-0.15, -0.1) is 11.3 Å². The Hall–Kier alpha value is -1.14. The summed E-state index contributed by atoms with van der Waals surface area (Å²) < 4.78 is 0. The molecule has 2 rings (SSSR count). The number of aliphatic hydroxyl groups is 1. The van der Waals surface area contributed by atoms with Gasteiger partial charge in [0.15, 0.2) is 5.13 Å². The molecule has 1 aromatic rings. The summed E-state index contributed by atoms with van der Waals surface area (Å²) in [6.45, 7) is 9.34. The minimum atomic E-state index is -0.109. The van der Waals surface area contributed by atoms with E-state index in [4.69, 9.17) is 0 Å². The molecule has 0 saturated carbocycles. The molecule has 22 heavy (non-hydrogen) atoms. The van der Waals surface area contributed by atoms with Crippen LogP contribution in [0.2, 0.25) is 0 Å². The number of nitrogens with zero attached hydrogens (tertiary/aromatic N) is 2. The number of carbonyl (C=O) groups is 1. The maximum Gasteiger partial charge on any atom is 0.323 e. The lowest BCUT2D eigenvalue weighted by atomic mass is 9.91. The highest BCUT2D eigenvalue weighted by Crippen LogP contribution is 2.26. The van der Waals surface area contributed by atoms with E-state index in [0.717, 1.165) is 25.0 Å². The van der Waals surface area contributed by atoms with E-state index >= 15 is 0 Å². The van der Waals surface area contributed by atoms with E-state index in [1.54, 1.807) is 0 Å². The summed E-state index contributed by atoms with van der Waals surface area (Å²) in [6, 6.07) is 0.0964. The van der Waals surface area contributed by atoms with Gasteiger partial charge in [-0.1, -0.05) is 20.8 Å². The van der Waals surface area contributed by atoms with Gasteiger partial charge in [-0.25, -0.2) is 9.78 Å². The van der Waals surface area contributed by atoms with E-state index in [0.29, 0.717) is 11.7 Å². The molecule has 2 amide bonds. The first-order valence-electron chi connectivity index (χ1n) is 7.91. The van der Waals surface area contributed by atoms with Crippen molar-refractivity contribution in [2.75, 3.05) is 18.5 Å². The van der Waals surface area contributed by atoms with Gasteiger partial charge in [-0.3, -0.25) is 5.32 Å². The summed E-state index contributed by atoms with van der Waals surface area (Å²) in [5.41, 5.74) is 1.21. The molecule has 5 nitrogen and oxygen atoms in total. The Morgan fingerprint density at radius 2 is 2.23 bits per heavy atom. The van der Waals surface area contributed by atoms with E-state index in [-0.39, 0.29) is 30.0 Å². The fraction of sp³-hybridized carbons (Fsp3) is 0.750. The first-order chi connectivity index (χ1) is 10.3. The summed E-state index contributed by atoms with van der Waals surface area (Å²) in [6.07, 6.45) is 2.81. The van der Waals surface area contributed by atoms with Gasteiger partial charge < -0.3 is 10.0 Å². The van der Waals surface area contributed by atoms with Crippen LogP contribution < -0.4 is 5.32 Å². The highest BCUT2D eigenvalue weighted by Gasteiger charge is 2.29. The number of thiazole rings is 1. The second-order valence-corrected chi connectivity index (χ2v) is 8.30. The van der Waals surface area contributed by atoms with Crippen molar-refractivity contribution in [3.63, 3.8) is 0 Å². The number of rotatable bonds is 3. The predicted octanol–water partition coefficient (Wildman–Crippen LogP) is 3.36. The molecule has 2 heterocycles. The SMILES string of the molecule is CC1CCC(CO)CN1C(=O)Nc1nc(CC(C)(C)C)cs1. The molecule has 1 fully saturated rings. The van der Waals surface area contributed by atoms with Gasteiger partial charge in [0.25, 0.3) is 0 Å². The van der Waals surface area contributed by atoms with Crippen LogP contribution in [-0.2, 0) is 6.42 Å². The van der Waals surface area contributed by atoms with Crippen molar-refractivity contribution >= 4 is 22.5 Å². The lowest BCUT2D eigenvalue weighted by Gasteiger charge is -2.37. The zero-order valence-corrected chi connectivity index (χ0v) is 14.7. The molecule has 0 aliphatic carbocycles. The molecule has 6 heteroatoms. The number of urea groups is 1. The minimum Gasteiger partial charge on any atom is -0.396 e. The fourth-order valence-electron chi connectivity index (χ4n) is 2.77. The van der Waals surface area contributed by atoms with Crippen molar-refractivity contribution in [3.8, 4) is 0 Å². The van der Waals surface area contributed by atoms with Gasteiger partial charge in [0.2, 0.25) is 0 Å².